The first kappa shape index (κ1) is 20.1. The van der Waals surface area contributed by atoms with Crippen LogP contribution in [-0.2, 0) is 14.1 Å². The zero-order valence-corrected chi connectivity index (χ0v) is 19.0. The fraction of sp³-hybridized carbons (Fsp3) is 0.0714. The summed E-state index contributed by atoms with van der Waals surface area (Å²) in [5, 5.41) is 0. The molecule has 4 N–H and O–H groups in total. The van der Waals surface area contributed by atoms with Gasteiger partial charge in [0.05, 0.1) is 22.1 Å². The number of fused-ring (bicyclic) bond motifs is 2. The number of aryl methyl sites for hydroxylation is 2. The summed E-state index contributed by atoms with van der Waals surface area (Å²) < 4.78 is 4.23. The molecule has 2 heterocycles. The number of anilines is 2. The SMILES string of the molecule is Cn1c(-c2ccc(N)cc2)nc2cc(-c3ccc4c(c3)nc(-c3ccc(N)cc3)n4C)ccc21. The third-order valence-electron chi connectivity index (χ3n) is 6.43. The molecule has 0 radical (unpaired) electrons. The molecule has 0 saturated heterocycles. The lowest BCUT2D eigenvalue weighted by molar-refractivity contribution is 0.959. The van der Waals surface area contributed by atoms with Crippen LogP contribution < -0.4 is 11.5 Å². The zero-order chi connectivity index (χ0) is 23.4. The van der Waals surface area contributed by atoms with Crippen LogP contribution in [0.3, 0.4) is 0 Å². The summed E-state index contributed by atoms with van der Waals surface area (Å²) in [7, 11) is 4.08. The van der Waals surface area contributed by atoms with Gasteiger partial charge in [-0.15, -0.1) is 0 Å². The van der Waals surface area contributed by atoms with E-state index in [1.807, 2.05) is 62.6 Å². The Morgan fingerprint density at radius 1 is 0.500 bits per heavy atom. The Hall–Kier alpha value is -4.58. The van der Waals surface area contributed by atoms with E-state index >= 15 is 0 Å². The first-order chi connectivity index (χ1) is 16.5. The van der Waals surface area contributed by atoms with Crippen LogP contribution in [0, 0.1) is 0 Å². The summed E-state index contributed by atoms with van der Waals surface area (Å²) in [6.45, 7) is 0. The molecule has 0 saturated carbocycles. The van der Waals surface area contributed by atoms with E-state index < -0.39 is 0 Å². The molecule has 0 atom stereocenters. The second-order valence-electron chi connectivity index (χ2n) is 8.64. The van der Waals surface area contributed by atoms with Crippen LogP contribution in [0.2, 0.25) is 0 Å². The summed E-state index contributed by atoms with van der Waals surface area (Å²) >= 11 is 0. The molecule has 0 aliphatic rings. The van der Waals surface area contributed by atoms with E-state index in [-0.39, 0.29) is 0 Å². The van der Waals surface area contributed by atoms with Crippen molar-refractivity contribution in [3.8, 4) is 33.9 Å². The zero-order valence-electron chi connectivity index (χ0n) is 19.0. The Bertz CT molecular complexity index is 1540. The Balaban J connectivity index is 1.42. The van der Waals surface area contributed by atoms with E-state index in [0.717, 1.165) is 67.3 Å². The van der Waals surface area contributed by atoms with Crippen molar-refractivity contribution in [2.45, 2.75) is 0 Å². The summed E-state index contributed by atoms with van der Waals surface area (Å²) in [6.07, 6.45) is 0. The molecular formula is C28H24N6. The number of nitrogen functional groups attached to an aromatic ring is 2. The third kappa shape index (κ3) is 3.19. The summed E-state index contributed by atoms with van der Waals surface area (Å²) in [4.78, 5) is 9.84. The van der Waals surface area contributed by atoms with Crippen molar-refractivity contribution in [3.63, 3.8) is 0 Å². The van der Waals surface area contributed by atoms with Crippen LogP contribution >= 0.6 is 0 Å². The highest BCUT2D eigenvalue weighted by atomic mass is 15.1. The molecular weight excluding hydrogens is 420 g/mol. The quantitative estimate of drug-likeness (QED) is 0.347. The standard InChI is InChI=1S/C28H24N6/c1-33-25-13-7-19(15-23(25)31-27(33)17-3-9-21(29)10-4-17)20-8-14-26-24(16-20)32-28(34(26)2)18-5-11-22(30)12-6-18/h3-16H,29-30H2,1-2H3. The van der Waals surface area contributed by atoms with Gasteiger partial charge in [0, 0.05) is 36.6 Å². The molecule has 0 aliphatic carbocycles. The van der Waals surface area contributed by atoms with Crippen molar-refractivity contribution < 1.29 is 0 Å². The molecule has 6 rings (SSSR count). The molecule has 0 unspecified atom stereocenters. The maximum atomic E-state index is 5.85. The molecule has 34 heavy (non-hydrogen) atoms. The molecule has 4 aromatic carbocycles. The molecule has 6 aromatic rings. The topological polar surface area (TPSA) is 87.7 Å². The van der Waals surface area contributed by atoms with E-state index in [2.05, 4.69) is 45.5 Å². The Morgan fingerprint density at radius 2 is 0.853 bits per heavy atom. The molecule has 0 fully saturated rings. The first-order valence-corrected chi connectivity index (χ1v) is 11.1. The number of nitrogens with zero attached hydrogens (tertiary/aromatic N) is 4. The van der Waals surface area contributed by atoms with Gasteiger partial charge in [0.2, 0.25) is 0 Å². The molecule has 0 bridgehead atoms. The minimum absolute atomic E-state index is 0.745. The second kappa shape index (κ2) is 7.49. The molecule has 0 amide bonds. The van der Waals surface area contributed by atoms with Crippen molar-refractivity contribution in [2.24, 2.45) is 14.1 Å². The fourth-order valence-corrected chi connectivity index (χ4v) is 4.54. The van der Waals surface area contributed by atoms with Gasteiger partial charge >= 0.3 is 0 Å². The van der Waals surface area contributed by atoms with Gasteiger partial charge in [-0.05, 0) is 83.9 Å². The van der Waals surface area contributed by atoms with Gasteiger partial charge in [-0.2, -0.15) is 0 Å². The average molecular weight is 445 g/mol. The maximum Gasteiger partial charge on any atom is 0.140 e. The van der Waals surface area contributed by atoms with Crippen molar-refractivity contribution in [3.05, 3.63) is 84.9 Å². The van der Waals surface area contributed by atoms with Gasteiger partial charge in [0.1, 0.15) is 11.6 Å². The van der Waals surface area contributed by atoms with Crippen molar-refractivity contribution in [1.29, 1.82) is 0 Å². The van der Waals surface area contributed by atoms with Gasteiger partial charge in [0.25, 0.3) is 0 Å². The number of benzene rings is 4. The summed E-state index contributed by atoms with van der Waals surface area (Å²) in [5.74, 6) is 1.83. The van der Waals surface area contributed by atoms with Crippen LogP contribution in [0.5, 0.6) is 0 Å². The molecule has 0 spiro atoms. The lowest BCUT2D eigenvalue weighted by atomic mass is 10.0. The van der Waals surface area contributed by atoms with Crippen LogP contribution in [0.4, 0.5) is 11.4 Å². The Kier molecular flexibility index (Phi) is 4.42. The fourth-order valence-electron chi connectivity index (χ4n) is 4.54. The van der Waals surface area contributed by atoms with Crippen molar-refractivity contribution >= 4 is 33.4 Å². The number of nitrogens with two attached hydrogens (primary N) is 2. The first-order valence-electron chi connectivity index (χ1n) is 11.1. The maximum absolute atomic E-state index is 5.85. The van der Waals surface area contributed by atoms with Gasteiger partial charge in [0.15, 0.2) is 0 Å². The number of rotatable bonds is 3. The molecule has 6 nitrogen and oxygen atoms in total. The van der Waals surface area contributed by atoms with E-state index in [1.54, 1.807) is 0 Å². The van der Waals surface area contributed by atoms with E-state index in [4.69, 9.17) is 21.4 Å². The number of hydrogen-bond acceptors (Lipinski definition) is 4. The minimum atomic E-state index is 0.745. The van der Waals surface area contributed by atoms with Gasteiger partial charge in [-0.1, -0.05) is 12.1 Å². The lowest BCUT2D eigenvalue weighted by Gasteiger charge is -2.04. The highest BCUT2D eigenvalue weighted by Gasteiger charge is 2.13. The Morgan fingerprint density at radius 3 is 1.24 bits per heavy atom. The van der Waals surface area contributed by atoms with Gasteiger partial charge in [-0.25, -0.2) is 9.97 Å². The minimum Gasteiger partial charge on any atom is -0.399 e. The highest BCUT2D eigenvalue weighted by molar-refractivity contribution is 5.89. The average Bonchev–Trinajstić information content (AvgIpc) is 3.36. The second-order valence-corrected chi connectivity index (χ2v) is 8.64. The van der Waals surface area contributed by atoms with Gasteiger partial charge in [-0.3, -0.25) is 0 Å². The van der Waals surface area contributed by atoms with Crippen LogP contribution in [0.15, 0.2) is 84.9 Å². The summed E-state index contributed by atoms with van der Waals surface area (Å²) in [6, 6.07) is 28.4. The molecule has 166 valence electrons. The summed E-state index contributed by atoms with van der Waals surface area (Å²) in [5.41, 5.74) is 21.6. The predicted molar refractivity (Wildman–Crippen MR) is 140 cm³/mol. The van der Waals surface area contributed by atoms with Crippen LogP contribution in [-0.4, -0.2) is 19.1 Å². The van der Waals surface area contributed by atoms with Crippen LogP contribution in [0.1, 0.15) is 0 Å². The monoisotopic (exact) mass is 444 g/mol. The van der Waals surface area contributed by atoms with E-state index in [9.17, 15) is 0 Å². The number of imidazole rings is 2. The highest BCUT2D eigenvalue weighted by Crippen LogP contribution is 2.31. The van der Waals surface area contributed by atoms with Crippen molar-refractivity contribution in [2.75, 3.05) is 11.5 Å². The normalized spacial score (nSPS) is 11.5. The lowest BCUT2D eigenvalue weighted by Crippen LogP contribution is -1.93. The predicted octanol–water partition coefficient (Wildman–Crippen LogP) is 5.63. The molecule has 6 heteroatoms. The van der Waals surface area contributed by atoms with E-state index in [1.165, 1.54) is 0 Å². The largest absolute Gasteiger partial charge is 0.399 e. The number of hydrogen-bond donors (Lipinski definition) is 2. The third-order valence-corrected chi connectivity index (χ3v) is 6.43. The smallest absolute Gasteiger partial charge is 0.140 e. The Labute approximate surface area is 197 Å². The molecule has 0 aliphatic heterocycles. The number of aromatic nitrogens is 4. The van der Waals surface area contributed by atoms with E-state index in [0.29, 0.717) is 0 Å². The van der Waals surface area contributed by atoms with Crippen molar-refractivity contribution in [1.82, 2.24) is 19.1 Å². The van der Waals surface area contributed by atoms with Gasteiger partial charge < -0.3 is 20.6 Å². The van der Waals surface area contributed by atoms with Crippen LogP contribution in [0.25, 0.3) is 56.0 Å². The molecule has 2 aromatic heterocycles.